The van der Waals surface area contributed by atoms with Gasteiger partial charge >= 0.3 is 0 Å². The normalized spacial score (nSPS) is 14.5. The van der Waals surface area contributed by atoms with Crippen molar-refractivity contribution in [2.45, 2.75) is 38.9 Å². The van der Waals surface area contributed by atoms with Gasteiger partial charge in [0, 0.05) is 11.8 Å². The summed E-state index contributed by atoms with van der Waals surface area (Å²) in [6, 6.07) is 1.71. The van der Waals surface area contributed by atoms with Gasteiger partial charge in [0.25, 0.3) is 0 Å². The summed E-state index contributed by atoms with van der Waals surface area (Å²) >= 11 is 0. The summed E-state index contributed by atoms with van der Waals surface area (Å²) in [7, 11) is 0. The van der Waals surface area contributed by atoms with Crippen LogP contribution in [0, 0.1) is 0 Å². The Hall–Kier alpha value is -1.13. The minimum absolute atomic E-state index is 0.501. The van der Waals surface area contributed by atoms with Gasteiger partial charge in [-0.15, -0.1) is 0 Å². The maximum Gasteiger partial charge on any atom is 0.137 e. The molecular weight excluding hydrogens is 206 g/mol. The SMILES string of the molecule is CCCOc1cncc(C(O)C(O)CC)c1. The van der Waals surface area contributed by atoms with Crippen LogP contribution in [0.5, 0.6) is 5.75 Å². The molecule has 1 heterocycles. The largest absolute Gasteiger partial charge is 0.492 e. The lowest BCUT2D eigenvalue weighted by Gasteiger charge is -2.16. The van der Waals surface area contributed by atoms with Crippen molar-refractivity contribution in [2.24, 2.45) is 0 Å². The predicted octanol–water partition coefficient (Wildman–Crippen LogP) is 1.67. The molecule has 0 bridgehead atoms. The van der Waals surface area contributed by atoms with Gasteiger partial charge in [-0.3, -0.25) is 4.98 Å². The average molecular weight is 225 g/mol. The zero-order valence-electron chi connectivity index (χ0n) is 9.76. The van der Waals surface area contributed by atoms with E-state index in [9.17, 15) is 10.2 Å². The molecule has 0 aliphatic rings. The zero-order valence-corrected chi connectivity index (χ0v) is 9.76. The Morgan fingerprint density at radius 3 is 2.69 bits per heavy atom. The highest BCUT2D eigenvalue weighted by Crippen LogP contribution is 2.21. The van der Waals surface area contributed by atoms with Gasteiger partial charge < -0.3 is 14.9 Å². The van der Waals surface area contributed by atoms with Crippen molar-refractivity contribution >= 4 is 0 Å². The number of aliphatic hydroxyl groups is 2. The molecule has 0 aliphatic carbocycles. The fraction of sp³-hybridized carbons (Fsp3) is 0.583. The van der Waals surface area contributed by atoms with Crippen LogP contribution in [-0.2, 0) is 0 Å². The van der Waals surface area contributed by atoms with E-state index >= 15 is 0 Å². The van der Waals surface area contributed by atoms with Crippen LogP contribution >= 0.6 is 0 Å². The van der Waals surface area contributed by atoms with E-state index < -0.39 is 12.2 Å². The Morgan fingerprint density at radius 2 is 2.06 bits per heavy atom. The minimum atomic E-state index is -0.900. The van der Waals surface area contributed by atoms with Gasteiger partial charge in [0.15, 0.2) is 0 Å². The van der Waals surface area contributed by atoms with Gasteiger partial charge in [-0.1, -0.05) is 13.8 Å². The molecule has 4 heteroatoms. The van der Waals surface area contributed by atoms with Crippen molar-refractivity contribution in [1.82, 2.24) is 4.98 Å². The highest BCUT2D eigenvalue weighted by Gasteiger charge is 2.17. The van der Waals surface area contributed by atoms with Gasteiger partial charge in [-0.25, -0.2) is 0 Å². The summed E-state index contributed by atoms with van der Waals surface area (Å²) in [6.45, 7) is 4.46. The van der Waals surface area contributed by atoms with E-state index in [0.29, 0.717) is 24.3 Å². The lowest BCUT2D eigenvalue weighted by atomic mass is 10.0. The third-order valence-electron chi connectivity index (χ3n) is 2.33. The van der Waals surface area contributed by atoms with E-state index in [1.54, 1.807) is 18.5 Å². The highest BCUT2D eigenvalue weighted by atomic mass is 16.5. The summed E-state index contributed by atoms with van der Waals surface area (Å²) in [5.74, 6) is 0.627. The van der Waals surface area contributed by atoms with Crippen molar-refractivity contribution in [1.29, 1.82) is 0 Å². The molecule has 2 N–H and O–H groups in total. The molecule has 0 aliphatic heterocycles. The van der Waals surface area contributed by atoms with Gasteiger partial charge in [0.1, 0.15) is 11.9 Å². The summed E-state index contributed by atoms with van der Waals surface area (Å²) < 4.78 is 5.40. The molecule has 0 amide bonds. The van der Waals surface area contributed by atoms with Crippen LogP contribution in [0.1, 0.15) is 38.4 Å². The quantitative estimate of drug-likeness (QED) is 0.773. The Balaban J connectivity index is 2.73. The number of aromatic nitrogens is 1. The standard InChI is InChI=1S/C12H19NO3/c1-3-5-16-10-6-9(7-13-8-10)12(15)11(14)4-2/h6-8,11-12,14-15H,3-5H2,1-2H3. The fourth-order valence-corrected chi connectivity index (χ4v) is 1.34. The summed E-state index contributed by atoms with van der Waals surface area (Å²) in [6.07, 6.45) is 2.91. The maximum atomic E-state index is 9.79. The van der Waals surface area contributed by atoms with Crippen molar-refractivity contribution < 1.29 is 14.9 Å². The first-order chi connectivity index (χ1) is 7.69. The molecule has 2 unspecified atom stereocenters. The molecule has 0 aromatic carbocycles. The lowest BCUT2D eigenvalue weighted by Crippen LogP contribution is -2.17. The van der Waals surface area contributed by atoms with Crippen molar-refractivity contribution in [3.63, 3.8) is 0 Å². The minimum Gasteiger partial charge on any atom is -0.492 e. The molecule has 2 atom stereocenters. The molecular formula is C12H19NO3. The topological polar surface area (TPSA) is 62.6 Å². The van der Waals surface area contributed by atoms with Crippen LogP contribution in [0.2, 0.25) is 0 Å². The zero-order chi connectivity index (χ0) is 12.0. The van der Waals surface area contributed by atoms with Crippen molar-refractivity contribution in [2.75, 3.05) is 6.61 Å². The Bertz CT molecular complexity index is 317. The number of rotatable bonds is 6. The first-order valence-electron chi connectivity index (χ1n) is 5.62. The first-order valence-corrected chi connectivity index (χ1v) is 5.62. The summed E-state index contributed by atoms with van der Waals surface area (Å²) in [5.41, 5.74) is 0.586. The van der Waals surface area contributed by atoms with Crippen LogP contribution in [0.15, 0.2) is 18.5 Å². The molecule has 0 spiro atoms. The fourth-order valence-electron chi connectivity index (χ4n) is 1.34. The maximum absolute atomic E-state index is 9.79. The van der Waals surface area contributed by atoms with Crippen LogP contribution in [0.3, 0.4) is 0 Å². The second-order valence-corrected chi connectivity index (χ2v) is 3.72. The number of ether oxygens (including phenoxy) is 1. The molecule has 1 aromatic rings. The number of pyridine rings is 1. The number of nitrogens with zero attached hydrogens (tertiary/aromatic N) is 1. The second kappa shape index (κ2) is 6.45. The predicted molar refractivity (Wildman–Crippen MR) is 61.3 cm³/mol. The van der Waals surface area contributed by atoms with Gasteiger partial charge in [-0.2, -0.15) is 0 Å². The third-order valence-corrected chi connectivity index (χ3v) is 2.33. The Labute approximate surface area is 95.9 Å². The van der Waals surface area contributed by atoms with Gasteiger partial charge in [0.05, 0.1) is 18.9 Å². The van der Waals surface area contributed by atoms with Crippen LogP contribution in [0.4, 0.5) is 0 Å². The average Bonchev–Trinajstić information content (AvgIpc) is 2.34. The molecule has 0 radical (unpaired) electrons. The molecule has 0 fully saturated rings. The third kappa shape index (κ3) is 3.47. The van der Waals surface area contributed by atoms with Crippen molar-refractivity contribution in [3.8, 4) is 5.75 Å². The van der Waals surface area contributed by atoms with Crippen LogP contribution in [0.25, 0.3) is 0 Å². The molecule has 0 saturated heterocycles. The van der Waals surface area contributed by atoms with E-state index in [-0.39, 0.29) is 0 Å². The molecule has 1 aromatic heterocycles. The smallest absolute Gasteiger partial charge is 0.137 e. The van der Waals surface area contributed by atoms with E-state index in [1.165, 1.54) is 0 Å². The van der Waals surface area contributed by atoms with Gasteiger partial charge in [0.2, 0.25) is 0 Å². The molecule has 1 rings (SSSR count). The first kappa shape index (κ1) is 12.9. The molecule has 16 heavy (non-hydrogen) atoms. The summed E-state index contributed by atoms with van der Waals surface area (Å²) in [5, 5.41) is 19.3. The van der Waals surface area contributed by atoms with E-state index in [0.717, 1.165) is 6.42 Å². The monoisotopic (exact) mass is 225 g/mol. The number of aliphatic hydroxyl groups excluding tert-OH is 2. The molecule has 0 saturated carbocycles. The lowest BCUT2D eigenvalue weighted by molar-refractivity contribution is 0.0161. The van der Waals surface area contributed by atoms with Crippen LogP contribution < -0.4 is 4.74 Å². The van der Waals surface area contributed by atoms with E-state index in [1.807, 2.05) is 13.8 Å². The number of hydrogen-bond donors (Lipinski definition) is 2. The molecule has 90 valence electrons. The Kier molecular flexibility index (Phi) is 5.22. The van der Waals surface area contributed by atoms with Crippen molar-refractivity contribution in [3.05, 3.63) is 24.0 Å². The summed E-state index contributed by atoms with van der Waals surface area (Å²) in [4.78, 5) is 3.98. The highest BCUT2D eigenvalue weighted by molar-refractivity contribution is 5.25. The van der Waals surface area contributed by atoms with Gasteiger partial charge in [-0.05, 0) is 18.9 Å². The second-order valence-electron chi connectivity index (χ2n) is 3.72. The van der Waals surface area contributed by atoms with E-state index in [4.69, 9.17) is 4.74 Å². The number of hydrogen-bond acceptors (Lipinski definition) is 4. The van der Waals surface area contributed by atoms with Crippen LogP contribution in [-0.4, -0.2) is 27.9 Å². The Morgan fingerprint density at radius 1 is 1.31 bits per heavy atom. The van der Waals surface area contributed by atoms with E-state index in [2.05, 4.69) is 4.98 Å². The molecule has 4 nitrogen and oxygen atoms in total.